The summed E-state index contributed by atoms with van der Waals surface area (Å²) in [5.41, 5.74) is 3.64. The van der Waals surface area contributed by atoms with Gasteiger partial charge in [0.15, 0.2) is 0 Å². The molecule has 1 aromatic carbocycles. The summed E-state index contributed by atoms with van der Waals surface area (Å²) in [6.45, 7) is 4.41. The molecule has 1 heterocycles. The van der Waals surface area contributed by atoms with Gasteiger partial charge in [-0.15, -0.1) is 0 Å². The van der Waals surface area contributed by atoms with Crippen molar-refractivity contribution in [2.75, 3.05) is 0 Å². The highest BCUT2D eigenvalue weighted by Crippen LogP contribution is 2.36. The quantitative estimate of drug-likeness (QED) is 0.734. The second-order valence-electron chi connectivity index (χ2n) is 6.77. The molecule has 0 amide bonds. The molecule has 1 saturated carbocycles. The van der Waals surface area contributed by atoms with Gasteiger partial charge in [0.1, 0.15) is 0 Å². The van der Waals surface area contributed by atoms with Crippen molar-refractivity contribution in [2.45, 2.75) is 58.3 Å². The normalized spacial score (nSPS) is 20.2. The van der Waals surface area contributed by atoms with E-state index in [1.807, 2.05) is 12.4 Å². The zero-order valence-electron chi connectivity index (χ0n) is 14.8. The van der Waals surface area contributed by atoms with E-state index >= 15 is 0 Å². The third kappa shape index (κ3) is 4.23. The van der Waals surface area contributed by atoms with E-state index in [4.69, 9.17) is 0 Å². The Morgan fingerprint density at radius 2 is 1.58 bits per heavy atom. The Morgan fingerprint density at radius 3 is 2.17 bits per heavy atom. The van der Waals surface area contributed by atoms with Crippen LogP contribution in [0.15, 0.2) is 36.7 Å². The minimum absolute atomic E-state index is 0.592. The first-order chi connectivity index (χ1) is 11.8. The van der Waals surface area contributed by atoms with Gasteiger partial charge < -0.3 is 0 Å². The fourth-order valence-corrected chi connectivity index (χ4v) is 3.47. The molecular formula is C22H26N2. The van der Waals surface area contributed by atoms with Gasteiger partial charge in [0.2, 0.25) is 5.82 Å². The maximum Gasteiger partial charge on any atom is 0.205 e. The molecule has 0 radical (unpaired) electrons. The van der Waals surface area contributed by atoms with Crippen molar-refractivity contribution < 1.29 is 0 Å². The van der Waals surface area contributed by atoms with Gasteiger partial charge in [-0.2, -0.15) is 0 Å². The topological polar surface area (TPSA) is 25.8 Å². The molecule has 0 unspecified atom stereocenters. The second-order valence-corrected chi connectivity index (χ2v) is 6.77. The molecule has 0 atom stereocenters. The van der Waals surface area contributed by atoms with Crippen molar-refractivity contribution in [3.05, 3.63) is 59.2 Å². The van der Waals surface area contributed by atoms with E-state index in [9.17, 15) is 0 Å². The van der Waals surface area contributed by atoms with E-state index in [2.05, 4.69) is 59.9 Å². The number of benzene rings is 1. The summed E-state index contributed by atoms with van der Waals surface area (Å²) >= 11 is 0. The minimum Gasteiger partial charge on any atom is -0.229 e. The average molecular weight is 318 g/mol. The van der Waals surface area contributed by atoms with Crippen molar-refractivity contribution in [1.29, 1.82) is 0 Å². The summed E-state index contributed by atoms with van der Waals surface area (Å²) < 4.78 is 0. The average Bonchev–Trinajstić information content (AvgIpc) is 2.67. The molecule has 3 rings (SSSR count). The van der Waals surface area contributed by atoms with Crippen LogP contribution in [0.4, 0.5) is 0 Å². The summed E-state index contributed by atoms with van der Waals surface area (Å²) in [5.74, 6) is 8.50. The third-order valence-electron chi connectivity index (χ3n) is 5.24. The van der Waals surface area contributed by atoms with Crippen LogP contribution in [0.5, 0.6) is 0 Å². The maximum absolute atomic E-state index is 4.29. The van der Waals surface area contributed by atoms with Gasteiger partial charge in [0, 0.05) is 18.0 Å². The van der Waals surface area contributed by atoms with Gasteiger partial charge in [-0.25, -0.2) is 9.97 Å². The zero-order valence-corrected chi connectivity index (χ0v) is 14.8. The Morgan fingerprint density at radius 1 is 0.917 bits per heavy atom. The molecule has 124 valence electrons. The van der Waals surface area contributed by atoms with E-state index in [1.165, 1.54) is 37.7 Å². The first-order valence-corrected chi connectivity index (χ1v) is 9.21. The molecule has 1 aliphatic carbocycles. The molecular weight excluding hydrogens is 292 g/mol. The molecule has 1 aliphatic rings. The summed E-state index contributed by atoms with van der Waals surface area (Å²) in [7, 11) is 0. The molecule has 0 spiro atoms. The third-order valence-corrected chi connectivity index (χ3v) is 5.24. The monoisotopic (exact) mass is 318 g/mol. The molecule has 2 heteroatoms. The van der Waals surface area contributed by atoms with Crippen molar-refractivity contribution in [3.63, 3.8) is 0 Å². The smallest absolute Gasteiger partial charge is 0.205 e. The lowest BCUT2D eigenvalue weighted by atomic mass is 9.78. The van der Waals surface area contributed by atoms with E-state index in [0.29, 0.717) is 5.82 Å². The van der Waals surface area contributed by atoms with Crippen LogP contribution < -0.4 is 0 Å². The predicted molar refractivity (Wildman–Crippen MR) is 98.8 cm³/mol. The molecule has 1 aromatic heterocycles. The maximum atomic E-state index is 4.29. The lowest BCUT2D eigenvalue weighted by molar-refractivity contribution is 0.319. The highest BCUT2D eigenvalue weighted by Gasteiger charge is 2.20. The van der Waals surface area contributed by atoms with E-state index in [-0.39, 0.29) is 0 Å². The highest BCUT2D eigenvalue weighted by atomic mass is 14.8. The number of aromatic nitrogens is 2. The summed E-state index contributed by atoms with van der Waals surface area (Å²) in [5, 5.41) is 0. The van der Waals surface area contributed by atoms with Crippen LogP contribution in [0.1, 0.15) is 74.4 Å². The van der Waals surface area contributed by atoms with Gasteiger partial charge >= 0.3 is 0 Å². The SMILES string of the molecule is CCc1cnc(C#Cc2ccc(C3CCC(CC)CC3)cc2)nc1. The van der Waals surface area contributed by atoms with Crippen molar-refractivity contribution in [2.24, 2.45) is 5.92 Å². The molecule has 2 nitrogen and oxygen atoms in total. The van der Waals surface area contributed by atoms with Crippen molar-refractivity contribution in [1.82, 2.24) is 9.97 Å². The van der Waals surface area contributed by atoms with Crippen LogP contribution in [0, 0.1) is 17.8 Å². The second kappa shape index (κ2) is 8.11. The Hall–Kier alpha value is -2.14. The fourth-order valence-electron chi connectivity index (χ4n) is 3.47. The van der Waals surface area contributed by atoms with Gasteiger partial charge in [0.25, 0.3) is 0 Å². The lowest BCUT2D eigenvalue weighted by Gasteiger charge is -2.28. The van der Waals surface area contributed by atoms with Crippen LogP contribution in [-0.2, 0) is 6.42 Å². The van der Waals surface area contributed by atoms with Gasteiger partial charge in [-0.1, -0.05) is 38.3 Å². The largest absolute Gasteiger partial charge is 0.229 e. The Bertz CT molecular complexity index is 696. The summed E-state index contributed by atoms with van der Waals surface area (Å²) in [6.07, 6.45) is 11.4. The molecule has 0 bridgehead atoms. The van der Waals surface area contributed by atoms with Gasteiger partial charge in [-0.3, -0.25) is 0 Å². The van der Waals surface area contributed by atoms with Gasteiger partial charge in [0.05, 0.1) is 0 Å². The van der Waals surface area contributed by atoms with Crippen molar-refractivity contribution >= 4 is 0 Å². The highest BCUT2D eigenvalue weighted by molar-refractivity contribution is 5.40. The van der Waals surface area contributed by atoms with Crippen molar-refractivity contribution in [3.8, 4) is 11.8 Å². The Balaban J connectivity index is 1.63. The van der Waals surface area contributed by atoms with Gasteiger partial charge in [-0.05, 0) is 73.1 Å². The van der Waals surface area contributed by atoms with Crippen LogP contribution in [-0.4, -0.2) is 9.97 Å². The van der Waals surface area contributed by atoms with Crippen LogP contribution in [0.3, 0.4) is 0 Å². The van der Waals surface area contributed by atoms with E-state index < -0.39 is 0 Å². The Labute approximate surface area is 145 Å². The molecule has 0 aliphatic heterocycles. The zero-order chi connectivity index (χ0) is 16.8. The number of hydrogen-bond acceptors (Lipinski definition) is 2. The molecule has 1 fully saturated rings. The Kier molecular flexibility index (Phi) is 5.64. The lowest BCUT2D eigenvalue weighted by Crippen LogP contribution is -2.12. The minimum atomic E-state index is 0.592. The summed E-state index contributed by atoms with van der Waals surface area (Å²) in [4.78, 5) is 8.57. The molecule has 0 saturated heterocycles. The number of aryl methyl sites for hydroxylation is 1. The van der Waals surface area contributed by atoms with Crippen LogP contribution in [0.2, 0.25) is 0 Å². The first-order valence-electron chi connectivity index (χ1n) is 9.21. The molecule has 24 heavy (non-hydrogen) atoms. The van der Waals surface area contributed by atoms with E-state index in [0.717, 1.165) is 29.4 Å². The van der Waals surface area contributed by atoms with E-state index in [1.54, 1.807) is 0 Å². The number of rotatable bonds is 3. The summed E-state index contributed by atoms with van der Waals surface area (Å²) in [6, 6.07) is 8.77. The fraction of sp³-hybridized carbons (Fsp3) is 0.455. The standard InChI is InChI=1S/C22H26N2/c1-3-17-5-10-20(11-6-17)21-12-7-19(8-13-21)9-14-22-23-15-18(4-2)16-24-22/h7-8,12-13,15-17,20H,3-6,10-11H2,1-2H3. The van der Waals surface area contributed by atoms with Crippen LogP contribution >= 0.6 is 0 Å². The first kappa shape index (κ1) is 16.7. The number of hydrogen-bond donors (Lipinski definition) is 0. The predicted octanol–water partition coefficient (Wildman–Crippen LogP) is 5.12. The molecule has 0 N–H and O–H groups in total. The number of nitrogens with zero attached hydrogens (tertiary/aromatic N) is 2. The molecule has 2 aromatic rings. The van der Waals surface area contributed by atoms with Crippen LogP contribution in [0.25, 0.3) is 0 Å².